The quantitative estimate of drug-likeness (QED) is 0.314. The number of hydrogen-bond acceptors (Lipinski definition) is 4. The van der Waals surface area contributed by atoms with E-state index >= 15 is 0 Å². The summed E-state index contributed by atoms with van der Waals surface area (Å²) in [4.78, 5) is 10.0. The maximum absolute atomic E-state index is 6.35. The average Bonchev–Trinajstić information content (AvgIpc) is 3.31. The van der Waals surface area contributed by atoms with Crippen LogP contribution in [0.15, 0.2) is 94.9 Å². The second-order valence-corrected chi connectivity index (χ2v) is 10.7. The van der Waals surface area contributed by atoms with Gasteiger partial charge in [0.1, 0.15) is 23.3 Å². The maximum Gasteiger partial charge on any atom is 0.194 e. The number of fused-ring (bicyclic) bond motifs is 2. The predicted molar refractivity (Wildman–Crippen MR) is 143 cm³/mol. The van der Waals surface area contributed by atoms with Crippen molar-refractivity contribution in [2.24, 2.45) is 9.98 Å². The van der Waals surface area contributed by atoms with Gasteiger partial charge in [-0.3, -0.25) is 0 Å². The summed E-state index contributed by atoms with van der Waals surface area (Å²) >= 11 is 0. The summed E-state index contributed by atoms with van der Waals surface area (Å²) in [7, 11) is 0. The third-order valence-electron chi connectivity index (χ3n) is 7.11. The fourth-order valence-corrected chi connectivity index (χ4v) is 5.37. The van der Waals surface area contributed by atoms with Crippen LogP contribution in [0.25, 0.3) is 21.5 Å². The second kappa shape index (κ2) is 7.94. The molecule has 4 nitrogen and oxygen atoms in total. The molecule has 35 heavy (non-hydrogen) atoms. The van der Waals surface area contributed by atoms with Gasteiger partial charge in [-0.1, -0.05) is 72.8 Å². The molecule has 0 saturated heterocycles. The first-order valence-electron chi connectivity index (χ1n) is 12.3. The van der Waals surface area contributed by atoms with Crippen molar-refractivity contribution in [1.29, 1.82) is 0 Å². The predicted octanol–water partition coefficient (Wildman–Crippen LogP) is 7.58. The zero-order valence-corrected chi connectivity index (χ0v) is 20.7. The molecule has 176 valence electrons. The number of hydrogen-bond donors (Lipinski definition) is 0. The highest BCUT2D eigenvalue weighted by molar-refractivity contribution is 5.99. The van der Waals surface area contributed by atoms with Crippen LogP contribution in [0, 0.1) is 0 Å². The molecule has 0 aromatic heterocycles. The minimum atomic E-state index is -0.440. The molecule has 4 aromatic carbocycles. The van der Waals surface area contributed by atoms with Crippen molar-refractivity contribution < 1.29 is 9.47 Å². The summed E-state index contributed by atoms with van der Waals surface area (Å²) in [6.07, 6.45) is 0.459. The van der Waals surface area contributed by atoms with Gasteiger partial charge in [0.2, 0.25) is 0 Å². The molecule has 4 aromatic rings. The van der Waals surface area contributed by atoms with Crippen molar-refractivity contribution in [3.05, 3.63) is 96.1 Å². The molecule has 2 aliphatic heterocycles. The molecule has 0 saturated carbocycles. The highest BCUT2D eigenvalue weighted by Gasteiger charge is 2.43. The molecule has 0 bridgehead atoms. The van der Waals surface area contributed by atoms with Crippen LogP contribution >= 0.6 is 0 Å². The molecule has 0 amide bonds. The molecule has 0 aliphatic carbocycles. The number of ether oxygens (including phenoxy) is 2. The van der Waals surface area contributed by atoms with E-state index in [-0.39, 0.29) is 12.1 Å². The zero-order chi connectivity index (χ0) is 24.2. The lowest BCUT2D eigenvalue weighted by Gasteiger charge is -2.26. The Balaban J connectivity index is 1.27. The van der Waals surface area contributed by atoms with Gasteiger partial charge in [-0.25, -0.2) is 9.98 Å². The number of nitrogens with zero attached hydrogens (tertiary/aromatic N) is 2. The van der Waals surface area contributed by atoms with Gasteiger partial charge < -0.3 is 9.47 Å². The SMILES string of the molecule is CC1(C)OC(CC2=N[C@@H](c3ccc4ccccc4c3)C(C)(C)O2)=N[C@H]1c1ccc2ccccc2c1. The topological polar surface area (TPSA) is 43.2 Å². The van der Waals surface area contributed by atoms with Crippen molar-refractivity contribution in [2.75, 3.05) is 0 Å². The van der Waals surface area contributed by atoms with Gasteiger partial charge >= 0.3 is 0 Å². The zero-order valence-electron chi connectivity index (χ0n) is 20.7. The first kappa shape index (κ1) is 21.8. The molecule has 0 radical (unpaired) electrons. The minimum absolute atomic E-state index is 0.0756. The Labute approximate surface area is 206 Å². The van der Waals surface area contributed by atoms with Crippen LogP contribution in [0.5, 0.6) is 0 Å². The van der Waals surface area contributed by atoms with Crippen LogP contribution in [0.1, 0.15) is 57.3 Å². The summed E-state index contributed by atoms with van der Waals surface area (Å²) < 4.78 is 12.7. The van der Waals surface area contributed by atoms with Crippen LogP contribution in [0.2, 0.25) is 0 Å². The Morgan fingerprint density at radius 1 is 0.571 bits per heavy atom. The molecule has 6 rings (SSSR count). The normalized spacial score (nSPS) is 22.5. The minimum Gasteiger partial charge on any atom is -0.472 e. The van der Waals surface area contributed by atoms with E-state index in [1.165, 1.54) is 21.5 Å². The summed E-state index contributed by atoms with van der Waals surface area (Å²) in [5.74, 6) is 1.36. The van der Waals surface area contributed by atoms with Crippen molar-refractivity contribution in [1.82, 2.24) is 0 Å². The van der Waals surface area contributed by atoms with Crippen molar-refractivity contribution in [2.45, 2.75) is 57.4 Å². The third-order valence-corrected chi connectivity index (χ3v) is 7.11. The van der Waals surface area contributed by atoms with Crippen molar-refractivity contribution in [3.8, 4) is 0 Å². The monoisotopic (exact) mass is 462 g/mol. The van der Waals surface area contributed by atoms with Crippen LogP contribution < -0.4 is 0 Å². The van der Waals surface area contributed by atoms with Gasteiger partial charge in [-0.2, -0.15) is 0 Å². The first-order chi connectivity index (χ1) is 16.8. The van der Waals surface area contributed by atoms with Gasteiger partial charge in [0, 0.05) is 0 Å². The Kier molecular flexibility index (Phi) is 4.96. The van der Waals surface area contributed by atoms with E-state index in [2.05, 4.69) is 113 Å². The summed E-state index contributed by atoms with van der Waals surface area (Å²) in [5, 5.41) is 4.89. The fraction of sp³-hybridized carbons (Fsp3) is 0.290. The maximum atomic E-state index is 6.35. The smallest absolute Gasteiger partial charge is 0.194 e. The third kappa shape index (κ3) is 3.97. The Hall–Kier alpha value is -3.66. The van der Waals surface area contributed by atoms with E-state index in [9.17, 15) is 0 Å². The van der Waals surface area contributed by atoms with Crippen LogP contribution in [-0.2, 0) is 9.47 Å². The van der Waals surface area contributed by atoms with Gasteiger partial charge in [0.05, 0.1) is 6.42 Å². The molecule has 2 atom stereocenters. The molecule has 2 heterocycles. The molecule has 2 aliphatic rings. The largest absolute Gasteiger partial charge is 0.472 e. The molecule has 0 N–H and O–H groups in total. The molecule has 4 heteroatoms. The van der Waals surface area contributed by atoms with E-state index in [1.807, 2.05) is 0 Å². The fourth-order valence-electron chi connectivity index (χ4n) is 5.37. The lowest BCUT2D eigenvalue weighted by Crippen LogP contribution is -2.29. The van der Waals surface area contributed by atoms with E-state index in [0.717, 1.165) is 11.1 Å². The van der Waals surface area contributed by atoms with Gasteiger partial charge in [0.15, 0.2) is 11.8 Å². The van der Waals surface area contributed by atoms with E-state index in [4.69, 9.17) is 19.5 Å². The summed E-state index contributed by atoms with van der Waals surface area (Å²) in [5.41, 5.74) is 1.44. The lowest BCUT2D eigenvalue weighted by molar-refractivity contribution is 0.0872. The molecular weight excluding hydrogens is 432 g/mol. The van der Waals surface area contributed by atoms with E-state index in [0.29, 0.717) is 18.2 Å². The Bertz CT molecular complexity index is 1390. The second-order valence-electron chi connectivity index (χ2n) is 10.7. The van der Waals surface area contributed by atoms with E-state index < -0.39 is 11.2 Å². The highest BCUT2D eigenvalue weighted by atomic mass is 16.5. The Morgan fingerprint density at radius 2 is 0.971 bits per heavy atom. The molecule has 0 unspecified atom stereocenters. The summed E-state index contributed by atoms with van der Waals surface area (Å²) in [6, 6.07) is 29.8. The summed E-state index contributed by atoms with van der Waals surface area (Å²) in [6.45, 7) is 8.40. The molecular formula is C31H30N2O2. The molecule has 0 fully saturated rings. The lowest BCUT2D eigenvalue weighted by atomic mass is 9.91. The van der Waals surface area contributed by atoms with Gasteiger partial charge in [-0.05, 0) is 72.5 Å². The van der Waals surface area contributed by atoms with Crippen molar-refractivity contribution >= 4 is 33.3 Å². The highest BCUT2D eigenvalue weighted by Crippen LogP contribution is 2.42. The van der Waals surface area contributed by atoms with Crippen LogP contribution in [0.3, 0.4) is 0 Å². The number of aliphatic imine (C=N–C) groups is 2. The van der Waals surface area contributed by atoms with E-state index in [1.54, 1.807) is 0 Å². The van der Waals surface area contributed by atoms with Gasteiger partial charge in [0.25, 0.3) is 0 Å². The van der Waals surface area contributed by atoms with Gasteiger partial charge in [-0.15, -0.1) is 0 Å². The standard InChI is InChI=1S/C31H30N2O2/c1-30(2)28(24-15-13-20-9-5-7-11-22(20)17-24)32-26(34-30)19-27-33-29(31(3,4)35-27)25-16-14-21-10-6-8-12-23(21)18-25/h5-18,28-29H,19H2,1-4H3/t28-,29-/m0/s1. The van der Waals surface area contributed by atoms with Crippen LogP contribution in [-0.4, -0.2) is 23.0 Å². The first-order valence-corrected chi connectivity index (χ1v) is 12.3. The average molecular weight is 463 g/mol. The Morgan fingerprint density at radius 3 is 1.40 bits per heavy atom. The number of benzene rings is 4. The molecule has 0 spiro atoms. The van der Waals surface area contributed by atoms with Crippen LogP contribution in [0.4, 0.5) is 0 Å². The van der Waals surface area contributed by atoms with Crippen molar-refractivity contribution in [3.63, 3.8) is 0 Å². The number of rotatable bonds is 4.